The van der Waals surface area contributed by atoms with E-state index in [-0.39, 0.29) is 99.8 Å². The van der Waals surface area contributed by atoms with Crippen molar-refractivity contribution in [2.24, 2.45) is 0 Å². The third-order valence-electron chi connectivity index (χ3n) is 0. The van der Waals surface area contributed by atoms with Crippen LogP contribution in [0.15, 0.2) is 0 Å². The van der Waals surface area contributed by atoms with Gasteiger partial charge in [-0.15, -0.1) is 0 Å². The quantitative estimate of drug-likeness (QED) is 0.369. The summed E-state index contributed by atoms with van der Waals surface area (Å²) in [4.78, 5) is 0. The SMILES string of the molecule is [F][Ca][F].[KH].[LiH].[NaH]. The molecule has 0 saturated carbocycles. The standard InChI is InChI=1S/Ca.2FH.K.Li.Na.3H/h;2*1H;;;;;;/q+2;;;;;;;;/p-2. The van der Waals surface area contributed by atoms with Crippen LogP contribution in [-0.4, -0.2) is 135 Å². The van der Waals surface area contributed by atoms with Gasteiger partial charge in [-0.1, -0.05) is 0 Å². The van der Waals surface area contributed by atoms with E-state index in [1.807, 2.05) is 0 Å². The van der Waals surface area contributed by atoms with Crippen LogP contribution in [0.25, 0.3) is 0 Å². The Balaban J connectivity index is -0.00000000667. The zero-order chi connectivity index (χ0) is 2.71. The van der Waals surface area contributed by atoms with Gasteiger partial charge in [-0.3, -0.25) is 0 Å². The van der Waals surface area contributed by atoms with Crippen molar-refractivity contribution in [2.75, 3.05) is 0 Å². The molecule has 0 amide bonds. The summed E-state index contributed by atoms with van der Waals surface area (Å²) in [5.74, 6) is 0. The number of halogens is 2. The third kappa shape index (κ3) is 23.8. The van der Waals surface area contributed by atoms with Gasteiger partial charge >= 0.3 is 138 Å². The minimum absolute atomic E-state index is 0. The number of rotatable bonds is 0. The van der Waals surface area contributed by atoms with E-state index >= 15 is 0 Å². The molecule has 0 aliphatic rings. The fraction of sp³-hybridized carbons (Fsp3) is 0. The summed E-state index contributed by atoms with van der Waals surface area (Å²) < 4.78 is 19.6. The third-order valence-corrected chi connectivity index (χ3v) is 0. The van der Waals surface area contributed by atoms with E-state index in [0.29, 0.717) is 0 Å². The Labute approximate surface area is 134 Å². The van der Waals surface area contributed by atoms with Crippen LogP contribution in [-0.2, 0) is 0 Å². The van der Waals surface area contributed by atoms with Gasteiger partial charge in [0, 0.05) is 0 Å². The van der Waals surface area contributed by atoms with Crippen LogP contribution in [0.5, 0.6) is 0 Å². The monoisotopic (exact) mass is 150 g/mol. The van der Waals surface area contributed by atoms with Crippen molar-refractivity contribution in [3.8, 4) is 0 Å². The van der Waals surface area contributed by atoms with Gasteiger partial charge in [-0.2, -0.15) is 0 Å². The van der Waals surface area contributed by atoms with E-state index in [1.165, 1.54) is 0 Å². The molecule has 0 heterocycles. The number of hydrogen-bond donors (Lipinski definition) is 0. The van der Waals surface area contributed by atoms with Crippen molar-refractivity contribution in [3.63, 3.8) is 0 Å². The maximum absolute atomic E-state index is 9.81. The summed E-state index contributed by atoms with van der Waals surface area (Å²) in [6.45, 7) is 0. The first kappa shape index (κ1) is 22.4. The van der Waals surface area contributed by atoms with E-state index in [9.17, 15) is 2.73 Å². The fourth-order valence-corrected chi connectivity index (χ4v) is 0. The first-order valence-electron chi connectivity index (χ1n) is 0.535. The second-order valence-electron chi connectivity index (χ2n) is 0.101. The van der Waals surface area contributed by atoms with E-state index in [4.69, 9.17) is 0 Å². The van der Waals surface area contributed by atoms with E-state index < -0.39 is 35.4 Å². The second kappa shape index (κ2) is 22.8. The van der Waals surface area contributed by atoms with Gasteiger partial charge in [0.05, 0.1) is 0 Å². The molecule has 22 valence electrons. The Bertz CT molecular complexity index is 13.5. The van der Waals surface area contributed by atoms with Crippen LogP contribution in [0.2, 0.25) is 0 Å². The van der Waals surface area contributed by atoms with Gasteiger partial charge < -0.3 is 0 Å². The summed E-state index contributed by atoms with van der Waals surface area (Å²) >= 11 is -2.88. The molecule has 0 bridgehead atoms. The molecule has 0 aliphatic carbocycles. The first-order valence-corrected chi connectivity index (χ1v) is 2.20. The summed E-state index contributed by atoms with van der Waals surface area (Å²) in [6, 6.07) is 0. The molecule has 6 heavy (non-hydrogen) atoms. The van der Waals surface area contributed by atoms with E-state index in [2.05, 4.69) is 0 Å². The molecule has 0 N–H and O–H groups in total. The molecule has 0 aliphatic heterocycles. The molecule has 0 aromatic rings. The summed E-state index contributed by atoms with van der Waals surface area (Å²) in [6.07, 6.45) is 0. The molecule has 0 unspecified atom stereocenters. The van der Waals surface area contributed by atoms with Crippen molar-refractivity contribution in [1.29, 1.82) is 0 Å². The van der Waals surface area contributed by atoms with Crippen LogP contribution in [0.4, 0.5) is 2.73 Å². The molecule has 0 aromatic heterocycles. The molecular weight excluding hydrogens is 147 g/mol. The van der Waals surface area contributed by atoms with Gasteiger partial charge in [0.2, 0.25) is 0 Å². The second-order valence-corrected chi connectivity index (χ2v) is 0.416. The first-order chi connectivity index (χ1) is 1.41. The maximum atomic E-state index is 9.81. The van der Waals surface area contributed by atoms with Crippen molar-refractivity contribution in [3.05, 3.63) is 0 Å². The minimum atomic E-state index is -2.88. The molecule has 0 atom stereocenters. The Morgan fingerprint density at radius 3 is 1.17 bits per heavy atom. The summed E-state index contributed by atoms with van der Waals surface area (Å²) in [5.41, 5.74) is 0. The fourth-order valence-electron chi connectivity index (χ4n) is 0. The average molecular weight is 150 g/mol. The van der Waals surface area contributed by atoms with Crippen LogP contribution in [0.1, 0.15) is 0 Å². The van der Waals surface area contributed by atoms with Crippen LogP contribution < -0.4 is 0 Å². The van der Waals surface area contributed by atoms with Gasteiger partial charge in [0.15, 0.2) is 0 Å². The Hall–Kier alpha value is 4.35. The van der Waals surface area contributed by atoms with E-state index in [1.54, 1.807) is 0 Å². The predicted molar refractivity (Wildman–Crippen MR) is 29.4 cm³/mol. The van der Waals surface area contributed by atoms with Crippen LogP contribution in [0.3, 0.4) is 0 Å². The Morgan fingerprint density at radius 1 is 1.17 bits per heavy atom. The normalized spacial score (nSPS) is 1.67. The van der Waals surface area contributed by atoms with Crippen LogP contribution in [0, 0.1) is 0 Å². The number of hydrogen-bond acceptors (Lipinski definition) is 0. The Morgan fingerprint density at radius 2 is 1.17 bits per heavy atom. The van der Waals surface area contributed by atoms with Gasteiger partial charge in [-0.05, 0) is 0 Å². The van der Waals surface area contributed by atoms with Crippen molar-refractivity contribution in [2.45, 2.75) is 0 Å². The van der Waals surface area contributed by atoms with E-state index in [0.717, 1.165) is 0 Å². The Kier molecular flexibility index (Phi) is 85.2. The van der Waals surface area contributed by atoms with Crippen LogP contribution >= 0.6 is 0 Å². The molecule has 0 saturated heterocycles. The predicted octanol–water partition coefficient (Wildman–Crippen LogP) is -1.49. The zero-order valence-corrected chi connectivity index (χ0v) is 3.67. The molecule has 6 heteroatoms. The molecule has 0 rings (SSSR count). The summed E-state index contributed by atoms with van der Waals surface area (Å²) in [7, 11) is 0. The zero-order valence-electron chi connectivity index (χ0n) is 1.46. The van der Waals surface area contributed by atoms with Crippen molar-refractivity contribution >= 4 is 135 Å². The molecular formula is H3CaF2KLiNa. The molecule has 0 aromatic carbocycles. The van der Waals surface area contributed by atoms with Gasteiger partial charge in [-0.25, -0.2) is 0 Å². The molecule has 0 fully saturated rings. The topological polar surface area (TPSA) is 0 Å². The summed E-state index contributed by atoms with van der Waals surface area (Å²) in [5, 5.41) is 0. The average Bonchev–Trinajstić information content (AvgIpc) is 0.918. The van der Waals surface area contributed by atoms with Crippen molar-refractivity contribution in [1.82, 2.24) is 0 Å². The van der Waals surface area contributed by atoms with Crippen molar-refractivity contribution < 1.29 is 2.73 Å². The molecule has 0 radical (unpaired) electrons. The molecule has 0 nitrogen and oxygen atoms in total. The van der Waals surface area contributed by atoms with Gasteiger partial charge in [0.1, 0.15) is 0 Å². The van der Waals surface area contributed by atoms with Gasteiger partial charge in [0.25, 0.3) is 0 Å². The molecule has 0 spiro atoms.